The van der Waals surface area contributed by atoms with E-state index in [0.29, 0.717) is 18.7 Å². The molecule has 1 fully saturated rings. The second-order valence-electron chi connectivity index (χ2n) is 10.9. The number of carbonyl (C=O) groups excluding carboxylic acids is 2. The molecule has 9 heteroatoms. The monoisotopic (exact) mass is 579 g/mol. The second kappa shape index (κ2) is 10.1. The van der Waals surface area contributed by atoms with Crippen LogP contribution in [0.4, 0.5) is 4.79 Å². The van der Waals surface area contributed by atoms with Crippen molar-refractivity contribution >= 4 is 49.9 Å². The van der Waals surface area contributed by atoms with Gasteiger partial charge in [0.2, 0.25) is 0 Å². The molecule has 1 aliphatic rings. The zero-order valence-electron chi connectivity index (χ0n) is 22.5. The molecule has 0 aliphatic carbocycles. The van der Waals surface area contributed by atoms with Crippen LogP contribution in [0.5, 0.6) is 0 Å². The summed E-state index contributed by atoms with van der Waals surface area (Å²) >= 11 is 3.71. The number of para-hydroxylation sites is 1. The van der Waals surface area contributed by atoms with Gasteiger partial charge in [0.1, 0.15) is 5.60 Å². The summed E-state index contributed by atoms with van der Waals surface area (Å²) in [5, 5.41) is 4.09. The lowest BCUT2D eigenvalue weighted by Gasteiger charge is -2.33. The van der Waals surface area contributed by atoms with Crippen LogP contribution in [-0.2, 0) is 18.3 Å². The number of likely N-dealkylation sites (tertiary alicyclic amines) is 1. The third-order valence-electron chi connectivity index (χ3n) is 6.96. The van der Waals surface area contributed by atoms with Crippen LogP contribution in [0.2, 0.25) is 0 Å². The fourth-order valence-electron chi connectivity index (χ4n) is 5.32. The van der Waals surface area contributed by atoms with Crippen LogP contribution in [0.3, 0.4) is 0 Å². The summed E-state index contributed by atoms with van der Waals surface area (Å²) in [5.74, 6) is 0.779. The number of nitrogens with one attached hydrogen (secondary N) is 1. The van der Waals surface area contributed by atoms with E-state index in [2.05, 4.69) is 61.6 Å². The van der Waals surface area contributed by atoms with Crippen LogP contribution >= 0.6 is 15.9 Å². The van der Waals surface area contributed by atoms with Crippen LogP contribution in [0.15, 0.2) is 46.9 Å². The Kier molecular flexibility index (Phi) is 6.98. The molecule has 1 N–H and O–H groups in total. The van der Waals surface area contributed by atoms with Crippen molar-refractivity contribution < 1.29 is 14.3 Å². The molecule has 1 aliphatic heterocycles. The molecule has 38 heavy (non-hydrogen) atoms. The molecule has 0 bridgehead atoms. The quantitative estimate of drug-likeness (QED) is 0.316. The fraction of sp³-hybridized carbons (Fsp3) is 0.414. The van der Waals surface area contributed by atoms with E-state index in [4.69, 9.17) is 9.72 Å². The molecular weight excluding hydrogens is 546 g/mol. The molecule has 2 aromatic heterocycles. The maximum Gasteiger partial charge on any atom is 0.407 e. The number of ether oxygens (including phenoxy) is 1. The lowest BCUT2D eigenvalue weighted by molar-refractivity contribution is 0.0452. The summed E-state index contributed by atoms with van der Waals surface area (Å²) < 4.78 is 10.6. The van der Waals surface area contributed by atoms with Gasteiger partial charge in [-0.05, 0) is 80.7 Å². The number of rotatable bonds is 4. The summed E-state index contributed by atoms with van der Waals surface area (Å²) in [6.45, 7) is 9.55. The molecule has 0 spiro atoms. The zero-order chi connectivity index (χ0) is 27.2. The van der Waals surface area contributed by atoms with Crippen LogP contribution in [0.25, 0.3) is 33.5 Å². The summed E-state index contributed by atoms with van der Waals surface area (Å²) in [4.78, 5) is 32.6. The van der Waals surface area contributed by atoms with E-state index in [1.165, 1.54) is 10.9 Å². The van der Waals surface area contributed by atoms with Crippen molar-refractivity contribution in [3.63, 3.8) is 0 Å². The summed E-state index contributed by atoms with van der Waals surface area (Å²) in [6.07, 6.45) is 1.16. The normalized spacial score (nSPS) is 16.3. The van der Waals surface area contributed by atoms with Gasteiger partial charge < -0.3 is 24.1 Å². The van der Waals surface area contributed by atoms with Gasteiger partial charge in [0.05, 0.1) is 16.7 Å². The minimum Gasteiger partial charge on any atom is -0.444 e. The smallest absolute Gasteiger partial charge is 0.407 e. The topological polar surface area (TPSA) is 81.4 Å². The van der Waals surface area contributed by atoms with Crippen molar-refractivity contribution in [2.75, 3.05) is 13.1 Å². The molecule has 0 radical (unpaired) electrons. The minimum atomic E-state index is -0.566. The Hall–Kier alpha value is -3.33. The van der Waals surface area contributed by atoms with Gasteiger partial charge in [-0.1, -0.05) is 18.2 Å². The summed E-state index contributed by atoms with van der Waals surface area (Å²) in [6, 6.07) is 14.1. The first kappa shape index (κ1) is 26.3. The lowest BCUT2D eigenvalue weighted by atomic mass is 10.0. The maximum atomic E-state index is 13.6. The Labute approximate surface area is 231 Å². The highest BCUT2D eigenvalue weighted by molar-refractivity contribution is 9.10. The number of hydrogen-bond donors (Lipinski definition) is 1. The van der Waals surface area contributed by atoms with Gasteiger partial charge in [-0.3, -0.25) is 4.79 Å². The molecule has 0 saturated carbocycles. The Morgan fingerprint density at radius 3 is 2.68 bits per heavy atom. The second-order valence-corrected chi connectivity index (χ2v) is 11.7. The van der Waals surface area contributed by atoms with Crippen molar-refractivity contribution in [1.82, 2.24) is 24.3 Å². The minimum absolute atomic E-state index is 0.0711. The number of alkyl carbamates (subject to hydrolysis) is 1. The zero-order valence-corrected chi connectivity index (χ0v) is 24.1. The van der Waals surface area contributed by atoms with Crippen LogP contribution in [0.1, 0.15) is 50.9 Å². The fourth-order valence-corrected chi connectivity index (χ4v) is 6.04. The van der Waals surface area contributed by atoms with E-state index >= 15 is 0 Å². The molecule has 1 atom stereocenters. The molecule has 200 valence electrons. The molecule has 8 nitrogen and oxygen atoms in total. The predicted molar refractivity (Wildman–Crippen MR) is 153 cm³/mol. The number of piperidine rings is 1. The number of aryl methyl sites for hydroxylation is 2. The molecule has 1 unspecified atom stereocenters. The highest BCUT2D eigenvalue weighted by Gasteiger charge is 2.28. The van der Waals surface area contributed by atoms with Crippen molar-refractivity contribution in [2.24, 2.45) is 7.05 Å². The van der Waals surface area contributed by atoms with Crippen LogP contribution in [-0.4, -0.2) is 55.8 Å². The van der Waals surface area contributed by atoms with E-state index in [9.17, 15) is 9.59 Å². The number of aromatic nitrogens is 3. The average molecular weight is 581 g/mol. The Morgan fingerprint density at radius 1 is 1.18 bits per heavy atom. The standard InChI is InChI=1S/C29H34BrN5O3/c1-6-35-23-12-8-7-10-18(23)16-24(35)26-32-22-15-19(14-21(30)25(22)33(26)5)27(36)34-13-9-11-20(17-34)31-28(37)38-29(2,3)4/h7-8,10,12,14-16,20H,6,9,11,13,17H2,1-5H3,(H,31,37). The van der Waals surface area contributed by atoms with E-state index < -0.39 is 11.7 Å². The lowest BCUT2D eigenvalue weighted by Crippen LogP contribution is -2.50. The highest BCUT2D eigenvalue weighted by Crippen LogP contribution is 2.33. The molecular formula is C29H34BrN5O3. The van der Waals surface area contributed by atoms with Gasteiger partial charge in [0, 0.05) is 53.7 Å². The van der Waals surface area contributed by atoms with Crippen molar-refractivity contribution in [2.45, 2.75) is 58.7 Å². The molecule has 1 saturated heterocycles. The molecule has 3 heterocycles. The maximum absolute atomic E-state index is 13.6. The number of halogens is 1. The van der Waals surface area contributed by atoms with Gasteiger partial charge in [0.15, 0.2) is 5.82 Å². The van der Waals surface area contributed by atoms with E-state index in [-0.39, 0.29) is 11.9 Å². The summed E-state index contributed by atoms with van der Waals surface area (Å²) in [5.41, 5.74) is 3.92. The van der Waals surface area contributed by atoms with Crippen LogP contribution in [0, 0.1) is 0 Å². The number of imidazole rings is 1. The Balaban J connectivity index is 1.43. The molecule has 2 amide bonds. The van der Waals surface area contributed by atoms with E-state index in [1.807, 2.05) is 46.0 Å². The Bertz CT molecular complexity index is 1530. The van der Waals surface area contributed by atoms with Crippen molar-refractivity contribution in [3.8, 4) is 11.5 Å². The number of benzene rings is 2. The van der Waals surface area contributed by atoms with Crippen LogP contribution < -0.4 is 5.32 Å². The van der Waals surface area contributed by atoms with E-state index in [1.54, 1.807) is 4.90 Å². The van der Waals surface area contributed by atoms with Crippen molar-refractivity contribution in [1.29, 1.82) is 0 Å². The number of fused-ring (bicyclic) bond motifs is 2. The highest BCUT2D eigenvalue weighted by atomic mass is 79.9. The number of carbonyl (C=O) groups is 2. The molecule has 4 aromatic rings. The third-order valence-corrected chi connectivity index (χ3v) is 7.56. The van der Waals surface area contributed by atoms with Gasteiger partial charge in [-0.2, -0.15) is 0 Å². The van der Waals surface area contributed by atoms with Gasteiger partial charge in [0.25, 0.3) is 5.91 Å². The summed E-state index contributed by atoms with van der Waals surface area (Å²) in [7, 11) is 2.01. The Morgan fingerprint density at radius 2 is 1.95 bits per heavy atom. The molecule has 2 aromatic carbocycles. The number of amides is 2. The third kappa shape index (κ3) is 5.04. The molecule has 5 rings (SSSR count). The first-order chi connectivity index (χ1) is 18.1. The predicted octanol–water partition coefficient (Wildman–Crippen LogP) is 6.11. The van der Waals surface area contributed by atoms with Gasteiger partial charge in [-0.25, -0.2) is 9.78 Å². The largest absolute Gasteiger partial charge is 0.444 e. The first-order valence-electron chi connectivity index (χ1n) is 13.1. The number of nitrogens with zero attached hydrogens (tertiary/aromatic N) is 4. The van der Waals surface area contributed by atoms with Gasteiger partial charge in [-0.15, -0.1) is 0 Å². The van der Waals surface area contributed by atoms with Gasteiger partial charge >= 0.3 is 6.09 Å². The van der Waals surface area contributed by atoms with Crippen molar-refractivity contribution in [3.05, 3.63) is 52.5 Å². The number of hydrogen-bond acceptors (Lipinski definition) is 4. The van der Waals surface area contributed by atoms with E-state index in [0.717, 1.165) is 46.4 Å². The first-order valence-corrected chi connectivity index (χ1v) is 13.9. The SMILES string of the molecule is CCn1c(-c2nc3cc(C(=O)N4CCCC(NC(=O)OC(C)(C)C)C4)cc(Br)c3n2C)cc2ccccc21. The average Bonchev–Trinajstić information content (AvgIpc) is 3.39.